The van der Waals surface area contributed by atoms with Gasteiger partial charge < -0.3 is 9.47 Å². The maximum absolute atomic E-state index is 11.8. The van der Waals surface area contributed by atoms with Gasteiger partial charge >= 0.3 is 0 Å². The molecule has 0 amide bonds. The van der Waals surface area contributed by atoms with Gasteiger partial charge in [-0.2, -0.15) is 0 Å². The molecule has 0 saturated heterocycles. The molecule has 1 aromatic heterocycles. The molecule has 4 heteroatoms. The fraction of sp³-hybridized carbons (Fsp3) is 0.538. The van der Waals surface area contributed by atoms with Gasteiger partial charge in [-0.05, 0) is 26.8 Å². The summed E-state index contributed by atoms with van der Waals surface area (Å²) in [5, 5.41) is 0. The van der Waals surface area contributed by atoms with E-state index in [9.17, 15) is 4.79 Å². The van der Waals surface area contributed by atoms with Crippen molar-refractivity contribution in [3.8, 4) is 5.75 Å². The van der Waals surface area contributed by atoms with E-state index in [2.05, 4.69) is 4.98 Å². The Bertz CT molecular complexity index is 363. The molecule has 0 aliphatic rings. The number of ketones is 1. The highest BCUT2D eigenvalue weighted by Gasteiger charge is 2.08. The number of pyridine rings is 1. The first-order valence-electron chi connectivity index (χ1n) is 5.86. The van der Waals surface area contributed by atoms with Gasteiger partial charge in [-0.1, -0.05) is 0 Å². The Morgan fingerprint density at radius 3 is 2.82 bits per heavy atom. The Hall–Kier alpha value is -1.42. The molecule has 4 nitrogen and oxygen atoms in total. The maximum Gasteiger partial charge on any atom is 0.166 e. The predicted molar refractivity (Wildman–Crippen MR) is 65.4 cm³/mol. The van der Waals surface area contributed by atoms with Gasteiger partial charge in [0.1, 0.15) is 5.75 Å². The van der Waals surface area contributed by atoms with Crippen LogP contribution in [0.4, 0.5) is 0 Å². The summed E-state index contributed by atoms with van der Waals surface area (Å²) in [7, 11) is 0. The number of nitrogens with zero attached hydrogens (tertiary/aromatic N) is 1. The van der Waals surface area contributed by atoms with E-state index in [4.69, 9.17) is 9.47 Å². The average molecular weight is 237 g/mol. The molecule has 0 aliphatic heterocycles. The average Bonchev–Trinajstić information content (AvgIpc) is 2.28. The molecule has 0 radical (unpaired) electrons. The quantitative estimate of drug-likeness (QED) is 0.540. The van der Waals surface area contributed by atoms with Gasteiger partial charge in [-0.25, -0.2) is 0 Å². The van der Waals surface area contributed by atoms with Gasteiger partial charge in [0.2, 0.25) is 0 Å². The molecule has 17 heavy (non-hydrogen) atoms. The second-order valence-electron chi connectivity index (χ2n) is 3.95. The van der Waals surface area contributed by atoms with Crippen LogP contribution in [0.15, 0.2) is 18.5 Å². The minimum absolute atomic E-state index is 0.0279. The molecule has 0 spiro atoms. The van der Waals surface area contributed by atoms with Crippen LogP contribution in [0, 0.1) is 0 Å². The minimum Gasteiger partial charge on any atom is -0.489 e. The zero-order chi connectivity index (χ0) is 12.7. The third-order valence-electron chi connectivity index (χ3n) is 2.08. The van der Waals surface area contributed by atoms with Gasteiger partial charge in [0.25, 0.3) is 0 Å². The lowest BCUT2D eigenvalue weighted by Gasteiger charge is -2.09. The fourth-order valence-corrected chi connectivity index (χ4v) is 1.36. The maximum atomic E-state index is 11.8. The van der Waals surface area contributed by atoms with E-state index >= 15 is 0 Å². The highest BCUT2D eigenvalue weighted by atomic mass is 16.5. The van der Waals surface area contributed by atoms with Crippen molar-refractivity contribution >= 4 is 5.78 Å². The van der Waals surface area contributed by atoms with E-state index in [0.29, 0.717) is 30.9 Å². The summed E-state index contributed by atoms with van der Waals surface area (Å²) < 4.78 is 10.6. The first-order chi connectivity index (χ1) is 8.13. The van der Waals surface area contributed by atoms with Gasteiger partial charge in [0.05, 0.1) is 18.9 Å². The van der Waals surface area contributed by atoms with Crippen molar-refractivity contribution in [1.82, 2.24) is 4.98 Å². The van der Waals surface area contributed by atoms with Crippen LogP contribution in [0.1, 0.15) is 37.6 Å². The Morgan fingerprint density at radius 2 is 2.18 bits per heavy atom. The van der Waals surface area contributed by atoms with E-state index in [-0.39, 0.29) is 11.9 Å². The number of rotatable bonds is 7. The number of ether oxygens (including phenoxy) is 2. The van der Waals surface area contributed by atoms with Crippen molar-refractivity contribution in [3.05, 3.63) is 24.0 Å². The second kappa shape index (κ2) is 7.01. The van der Waals surface area contributed by atoms with Crippen molar-refractivity contribution in [2.24, 2.45) is 0 Å². The van der Waals surface area contributed by atoms with Crippen LogP contribution in [0.5, 0.6) is 5.75 Å². The van der Waals surface area contributed by atoms with Crippen LogP contribution >= 0.6 is 0 Å². The molecule has 1 rings (SSSR count). The second-order valence-corrected chi connectivity index (χ2v) is 3.95. The molecule has 1 aromatic rings. The number of carbonyl (C=O) groups is 1. The lowest BCUT2D eigenvalue weighted by Crippen LogP contribution is -2.08. The van der Waals surface area contributed by atoms with Crippen LogP contribution in [-0.2, 0) is 4.74 Å². The Balaban J connectivity index is 2.60. The first kappa shape index (κ1) is 13.6. The summed E-state index contributed by atoms with van der Waals surface area (Å²) in [5.74, 6) is 0.655. The van der Waals surface area contributed by atoms with Crippen LogP contribution in [0.25, 0.3) is 0 Å². The number of hydrogen-bond acceptors (Lipinski definition) is 4. The standard InChI is InChI=1S/C13H19NO3/c1-4-16-6-5-13(15)11-7-12(9-14-8-11)17-10(2)3/h7-10H,4-6H2,1-3H3. The highest BCUT2D eigenvalue weighted by Crippen LogP contribution is 2.14. The van der Waals surface area contributed by atoms with Crippen LogP contribution in [-0.4, -0.2) is 30.1 Å². The normalized spacial score (nSPS) is 10.6. The van der Waals surface area contributed by atoms with E-state index in [1.807, 2.05) is 20.8 Å². The van der Waals surface area contributed by atoms with Gasteiger partial charge in [-0.15, -0.1) is 0 Å². The molecule has 0 N–H and O–H groups in total. The smallest absolute Gasteiger partial charge is 0.166 e. The summed E-state index contributed by atoms with van der Waals surface area (Å²) >= 11 is 0. The molecule has 0 bridgehead atoms. The fourth-order valence-electron chi connectivity index (χ4n) is 1.36. The molecular formula is C13H19NO3. The summed E-state index contributed by atoms with van der Waals surface area (Å²) in [6, 6.07) is 1.72. The zero-order valence-corrected chi connectivity index (χ0v) is 10.6. The number of Topliss-reactive ketones (excluding diaryl/α,β-unsaturated/α-hetero) is 1. The highest BCUT2D eigenvalue weighted by molar-refractivity contribution is 5.96. The monoisotopic (exact) mass is 237 g/mol. The van der Waals surface area contributed by atoms with E-state index < -0.39 is 0 Å². The molecule has 0 fully saturated rings. The summed E-state index contributed by atoms with van der Waals surface area (Å²) in [5.41, 5.74) is 0.572. The Kier molecular flexibility index (Phi) is 5.63. The van der Waals surface area contributed by atoms with Crippen LogP contribution in [0.2, 0.25) is 0 Å². The van der Waals surface area contributed by atoms with Crippen LogP contribution < -0.4 is 4.74 Å². The molecule has 0 aromatic carbocycles. The van der Waals surface area contributed by atoms with Crippen molar-refractivity contribution in [1.29, 1.82) is 0 Å². The Morgan fingerprint density at radius 1 is 1.41 bits per heavy atom. The Labute approximate surface area is 102 Å². The number of aromatic nitrogens is 1. The summed E-state index contributed by atoms with van der Waals surface area (Å²) in [6.45, 7) is 6.85. The molecule has 0 aliphatic carbocycles. The van der Waals surface area contributed by atoms with Crippen molar-refractivity contribution in [2.75, 3.05) is 13.2 Å². The molecule has 0 unspecified atom stereocenters. The summed E-state index contributed by atoms with van der Waals surface area (Å²) in [4.78, 5) is 15.8. The van der Waals surface area contributed by atoms with E-state index in [1.165, 1.54) is 0 Å². The minimum atomic E-state index is 0.0279. The van der Waals surface area contributed by atoms with Crippen molar-refractivity contribution in [3.63, 3.8) is 0 Å². The molecule has 94 valence electrons. The van der Waals surface area contributed by atoms with Gasteiger partial charge in [-0.3, -0.25) is 9.78 Å². The van der Waals surface area contributed by atoms with Gasteiger partial charge in [0.15, 0.2) is 5.78 Å². The zero-order valence-electron chi connectivity index (χ0n) is 10.6. The van der Waals surface area contributed by atoms with Crippen LogP contribution in [0.3, 0.4) is 0 Å². The number of carbonyl (C=O) groups excluding carboxylic acids is 1. The van der Waals surface area contributed by atoms with Crippen molar-refractivity contribution < 1.29 is 14.3 Å². The van der Waals surface area contributed by atoms with Crippen molar-refractivity contribution in [2.45, 2.75) is 33.3 Å². The first-order valence-corrected chi connectivity index (χ1v) is 5.86. The molecular weight excluding hydrogens is 218 g/mol. The largest absolute Gasteiger partial charge is 0.489 e. The van der Waals surface area contributed by atoms with E-state index in [0.717, 1.165) is 0 Å². The van der Waals surface area contributed by atoms with E-state index in [1.54, 1.807) is 18.5 Å². The third kappa shape index (κ3) is 4.95. The van der Waals surface area contributed by atoms with Gasteiger partial charge in [0, 0.05) is 24.8 Å². The summed E-state index contributed by atoms with van der Waals surface area (Å²) in [6.07, 6.45) is 3.62. The number of hydrogen-bond donors (Lipinski definition) is 0. The molecule has 0 saturated carbocycles. The SMILES string of the molecule is CCOCCC(=O)c1cncc(OC(C)C)c1. The third-order valence-corrected chi connectivity index (χ3v) is 2.08. The predicted octanol–water partition coefficient (Wildman–Crippen LogP) is 2.48. The molecule has 1 heterocycles. The lowest BCUT2D eigenvalue weighted by molar-refractivity contribution is 0.0894. The topological polar surface area (TPSA) is 48.4 Å². The lowest BCUT2D eigenvalue weighted by atomic mass is 10.1. The molecule has 0 atom stereocenters.